The minimum Gasteiger partial charge on any atom is -0.474 e. The molecule has 66 valence electrons. The predicted octanol–water partition coefficient (Wildman–Crippen LogP) is 1.50. The van der Waals surface area contributed by atoms with Crippen molar-refractivity contribution >= 4 is 17.3 Å². The molecular formula is C7H4N2O3S. The van der Waals surface area contributed by atoms with E-state index < -0.39 is 5.97 Å². The van der Waals surface area contributed by atoms with Crippen LogP contribution in [0.25, 0.3) is 10.8 Å². The SMILES string of the molecule is O=C(O)c1nnc(-c2cccs2)o1. The van der Waals surface area contributed by atoms with Gasteiger partial charge in [-0.2, -0.15) is 0 Å². The van der Waals surface area contributed by atoms with E-state index in [0.29, 0.717) is 0 Å². The molecule has 2 aromatic rings. The molecular weight excluding hydrogens is 192 g/mol. The highest BCUT2D eigenvalue weighted by atomic mass is 32.1. The lowest BCUT2D eigenvalue weighted by Crippen LogP contribution is -1.95. The molecule has 0 aliphatic rings. The summed E-state index contributed by atoms with van der Waals surface area (Å²) in [6.45, 7) is 0. The zero-order valence-corrected chi connectivity index (χ0v) is 7.11. The highest BCUT2D eigenvalue weighted by Crippen LogP contribution is 2.22. The van der Waals surface area contributed by atoms with E-state index in [9.17, 15) is 4.79 Å². The minimum atomic E-state index is -1.21. The van der Waals surface area contributed by atoms with Gasteiger partial charge in [0.2, 0.25) is 0 Å². The molecule has 0 aromatic carbocycles. The van der Waals surface area contributed by atoms with E-state index in [1.807, 2.05) is 11.4 Å². The van der Waals surface area contributed by atoms with Crippen molar-refractivity contribution < 1.29 is 14.3 Å². The van der Waals surface area contributed by atoms with Gasteiger partial charge in [0.05, 0.1) is 4.88 Å². The van der Waals surface area contributed by atoms with Crippen molar-refractivity contribution in [2.45, 2.75) is 0 Å². The number of aromatic carboxylic acids is 1. The monoisotopic (exact) mass is 196 g/mol. The molecule has 2 heterocycles. The average molecular weight is 196 g/mol. The number of rotatable bonds is 2. The minimum absolute atomic E-state index is 0.243. The zero-order valence-electron chi connectivity index (χ0n) is 6.30. The number of hydrogen-bond acceptors (Lipinski definition) is 5. The Kier molecular flexibility index (Phi) is 1.82. The average Bonchev–Trinajstić information content (AvgIpc) is 2.75. The Morgan fingerprint density at radius 3 is 2.92 bits per heavy atom. The molecule has 0 aliphatic heterocycles. The lowest BCUT2D eigenvalue weighted by Gasteiger charge is -1.83. The first-order chi connectivity index (χ1) is 6.27. The van der Waals surface area contributed by atoms with Crippen molar-refractivity contribution in [1.29, 1.82) is 0 Å². The van der Waals surface area contributed by atoms with E-state index >= 15 is 0 Å². The highest BCUT2D eigenvalue weighted by Gasteiger charge is 2.14. The molecule has 1 N–H and O–H groups in total. The molecule has 0 amide bonds. The van der Waals surface area contributed by atoms with Crippen LogP contribution in [0.1, 0.15) is 10.7 Å². The summed E-state index contributed by atoms with van der Waals surface area (Å²) < 4.78 is 4.88. The van der Waals surface area contributed by atoms with Gasteiger partial charge in [0.15, 0.2) is 0 Å². The number of carboxylic acids is 1. The van der Waals surface area contributed by atoms with Gasteiger partial charge in [-0.15, -0.1) is 21.5 Å². The fourth-order valence-corrected chi connectivity index (χ4v) is 1.45. The Morgan fingerprint density at radius 1 is 1.54 bits per heavy atom. The summed E-state index contributed by atoms with van der Waals surface area (Å²) in [5, 5.41) is 17.3. The Morgan fingerprint density at radius 2 is 2.38 bits per heavy atom. The van der Waals surface area contributed by atoms with Gasteiger partial charge in [-0.05, 0) is 11.4 Å². The van der Waals surface area contributed by atoms with Gasteiger partial charge in [0.25, 0.3) is 5.89 Å². The molecule has 0 spiro atoms. The topological polar surface area (TPSA) is 76.2 Å². The quantitative estimate of drug-likeness (QED) is 0.787. The fraction of sp³-hybridized carbons (Fsp3) is 0. The molecule has 0 radical (unpaired) electrons. The van der Waals surface area contributed by atoms with Crippen LogP contribution in [0.5, 0.6) is 0 Å². The largest absolute Gasteiger partial charge is 0.474 e. The lowest BCUT2D eigenvalue weighted by molar-refractivity contribution is 0.0654. The fourth-order valence-electron chi connectivity index (χ4n) is 0.809. The lowest BCUT2D eigenvalue weighted by atomic mass is 10.5. The Hall–Kier alpha value is -1.69. The van der Waals surface area contributed by atoms with Crippen molar-refractivity contribution in [2.75, 3.05) is 0 Å². The van der Waals surface area contributed by atoms with Crippen LogP contribution in [-0.4, -0.2) is 21.3 Å². The van der Waals surface area contributed by atoms with Crippen molar-refractivity contribution in [3.8, 4) is 10.8 Å². The molecule has 2 aromatic heterocycles. The molecule has 0 unspecified atom stereocenters. The molecule has 0 saturated carbocycles. The molecule has 6 heteroatoms. The summed E-state index contributed by atoms with van der Waals surface area (Å²) in [7, 11) is 0. The van der Waals surface area contributed by atoms with E-state index in [0.717, 1.165) is 4.88 Å². The van der Waals surface area contributed by atoms with Crippen molar-refractivity contribution in [2.24, 2.45) is 0 Å². The molecule has 5 nitrogen and oxygen atoms in total. The molecule has 0 fully saturated rings. The smallest absolute Gasteiger partial charge is 0.393 e. The van der Waals surface area contributed by atoms with Crippen LogP contribution in [0, 0.1) is 0 Å². The number of carboxylic acid groups (broad SMARTS) is 1. The molecule has 2 rings (SSSR count). The van der Waals surface area contributed by atoms with Crippen LogP contribution in [-0.2, 0) is 0 Å². The van der Waals surface area contributed by atoms with Crippen LogP contribution in [0.2, 0.25) is 0 Å². The molecule has 0 atom stereocenters. The van der Waals surface area contributed by atoms with E-state index in [4.69, 9.17) is 9.52 Å². The molecule has 13 heavy (non-hydrogen) atoms. The summed E-state index contributed by atoms with van der Waals surface area (Å²) in [6.07, 6.45) is 0. The summed E-state index contributed by atoms with van der Waals surface area (Å²) in [5.41, 5.74) is 0. The predicted molar refractivity (Wildman–Crippen MR) is 44.6 cm³/mol. The first kappa shape index (κ1) is 7.93. The van der Waals surface area contributed by atoms with E-state index in [2.05, 4.69) is 10.2 Å². The van der Waals surface area contributed by atoms with Crippen LogP contribution in [0.3, 0.4) is 0 Å². The Balaban J connectivity index is 2.39. The van der Waals surface area contributed by atoms with Gasteiger partial charge >= 0.3 is 11.9 Å². The Bertz CT molecular complexity index is 421. The molecule has 0 aliphatic carbocycles. The first-order valence-electron chi connectivity index (χ1n) is 3.38. The maximum Gasteiger partial charge on any atom is 0.393 e. The maximum absolute atomic E-state index is 10.4. The van der Waals surface area contributed by atoms with Crippen LogP contribution in [0.15, 0.2) is 21.9 Å². The number of hydrogen-bond donors (Lipinski definition) is 1. The molecule has 0 saturated heterocycles. The number of aromatic nitrogens is 2. The van der Waals surface area contributed by atoms with Gasteiger partial charge in [-0.1, -0.05) is 6.07 Å². The van der Waals surface area contributed by atoms with Gasteiger partial charge in [0, 0.05) is 0 Å². The summed E-state index contributed by atoms with van der Waals surface area (Å²) >= 11 is 1.41. The normalized spacial score (nSPS) is 10.2. The van der Waals surface area contributed by atoms with Crippen LogP contribution >= 0.6 is 11.3 Å². The van der Waals surface area contributed by atoms with Gasteiger partial charge < -0.3 is 9.52 Å². The summed E-state index contributed by atoms with van der Waals surface area (Å²) in [4.78, 5) is 11.2. The van der Waals surface area contributed by atoms with E-state index in [1.165, 1.54) is 11.3 Å². The van der Waals surface area contributed by atoms with Crippen molar-refractivity contribution in [1.82, 2.24) is 10.2 Å². The van der Waals surface area contributed by atoms with Crippen molar-refractivity contribution in [3.05, 3.63) is 23.4 Å². The number of nitrogens with zero attached hydrogens (tertiary/aromatic N) is 2. The zero-order chi connectivity index (χ0) is 9.26. The van der Waals surface area contributed by atoms with Crippen LogP contribution in [0.4, 0.5) is 0 Å². The second kappa shape index (κ2) is 2.98. The van der Waals surface area contributed by atoms with E-state index in [-0.39, 0.29) is 11.8 Å². The number of carbonyl (C=O) groups is 1. The second-order valence-electron chi connectivity index (χ2n) is 2.19. The third-order valence-corrected chi connectivity index (χ3v) is 2.20. The maximum atomic E-state index is 10.4. The third kappa shape index (κ3) is 1.43. The third-order valence-electron chi connectivity index (χ3n) is 1.34. The standard InChI is InChI=1S/C7H4N2O3S/c10-7(11)6-9-8-5(12-6)4-2-1-3-13-4/h1-3H,(H,10,11). The van der Waals surface area contributed by atoms with Crippen molar-refractivity contribution in [3.63, 3.8) is 0 Å². The highest BCUT2D eigenvalue weighted by molar-refractivity contribution is 7.13. The van der Waals surface area contributed by atoms with Gasteiger partial charge in [-0.3, -0.25) is 0 Å². The van der Waals surface area contributed by atoms with E-state index in [1.54, 1.807) is 6.07 Å². The van der Waals surface area contributed by atoms with Gasteiger partial charge in [-0.25, -0.2) is 4.79 Å². The Labute approximate surface area is 76.7 Å². The number of thiophene rings is 1. The summed E-state index contributed by atoms with van der Waals surface area (Å²) in [6, 6.07) is 3.61. The van der Waals surface area contributed by atoms with Crippen LogP contribution < -0.4 is 0 Å². The molecule has 0 bridgehead atoms. The summed E-state index contributed by atoms with van der Waals surface area (Å²) in [5.74, 6) is -1.36. The first-order valence-corrected chi connectivity index (χ1v) is 4.26. The second-order valence-corrected chi connectivity index (χ2v) is 3.14. The van der Waals surface area contributed by atoms with Gasteiger partial charge in [0.1, 0.15) is 0 Å².